The zero-order valence-electron chi connectivity index (χ0n) is 10.4. The van der Waals surface area contributed by atoms with Gasteiger partial charge in [-0.2, -0.15) is 0 Å². The zero-order valence-corrected chi connectivity index (χ0v) is 10.4. The van der Waals surface area contributed by atoms with Crippen molar-refractivity contribution in [1.29, 1.82) is 0 Å². The van der Waals surface area contributed by atoms with Gasteiger partial charge in [0.15, 0.2) is 0 Å². The van der Waals surface area contributed by atoms with Crippen molar-refractivity contribution < 1.29 is 5.11 Å². The summed E-state index contributed by atoms with van der Waals surface area (Å²) in [5.74, 6) is 0.392. The molecule has 0 fully saturated rings. The van der Waals surface area contributed by atoms with E-state index in [2.05, 4.69) is 44.2 Å². The maximum Gasteiger partial charge on any atom is 0.118 e. The summed E-state index contributed by atoms with van der Waals surface area (Å²) in [7, 11) is 0. The predicted octanol–water partition coefficient (Wildman–Crippen LogP) is 4.18. The predicted molar refractivity (Wildman–Crippen MR) is 72.3 cm³/mol. The van der Waals surface area contributed by atoms with Crippen molar-refractivity contribution in [2.24, 2.45) is 0 Å². The molecule has 0 heterocycles. The molecular weight excluding hydrogens is 208 g/mol. The van der Waals surface area contributed by atoms with E-state index < -0.39 is 0 Å². The van der Waals surface area contributed by atoms with Crippen LogP contribution in [-0.2, 0) is 12.8 Å². The highest BCUT2D eigenvalue weighted by atomic mass is 16.3. The van der Waals surface area contributed by atoms with Crippen LogP contribution in [0.5, 0.6) is 5.75 Å². The topological polar surface area (TPSA) is 20.2 Å². The van der Waals surface area contributed by atoms with E-state index in [1.165, 1.54) is 16.7 Å². The van der Waals surface area contributed by atoms with Crippen LogP contribution in [0.2, 0.25) is 0 Å². The molecule has 88 valence electrons. The van der Waals surface area contributed by atoms with Gasteiger partial charge in [-0.1, -0.05) is 44.2 Å². The standard InChI is InChI=1S/C16H18O/c1-3-12-6-5-7-14(10-12)15-8-9-16(17)13(4-2)11-15/h5-11,17H,3-4H2,1-2H3. The van der Waals surface area contributed by atoms with Crippen LogP contribution in [0, 0.1) is 0 Å². The normalized spacial score (nSPS) is 10.5. The van der Waals surface area contributed by atoms with Crippen LogP contribution in [0.4, 0.5) is 0 Å². The molecule has 0 aliphatic heterocycles. The first-order chi connectivity index (χ1) is 8.24. The fourth-order valence-corrected chi connectivity index (χ4v) is 2.02. The lowest BCUT2D eigenvalue weighted by molar-refractivity contribution is 0.469. The fraction of sp³-hybridized carbons (Fsp3) is 0.250. The molecule has 0 aromatic heterocycles. The van der Waals surface area contributed by atoms with Crippen molar-refractivity contribution in [2.45, 2.75) is 26.7 Å². The highest BCUT2D eigenvalue weighted by Crippen LogP contribution is 2.26. The summed E-state index contributed by atoms with van der Waals surface area (Å²) >= 11 is 0. The molecule has 0 amide bonds. The third-order valence-electron chi connectivity index (χ3n) is 3.13. The van der Waals surface area contributed by atoms with E-state index in [4.69, 9.17) is 0 Å². The molecule has 0 atom stereocenters. The Kier molecular flexibility index (Phi) is 3.48. The van der Waals surface area contributed by atoms with Crippen LogP contribution in [0.1, 0.15) is 25.0 Å². The third kappa shape index (κ3) is 2.50. The first-order valence-corrected chi connectivity index (χ1v) is 6.15. The molecule has 0 unspecified atom stereocenters. The molecule has 0 aliphatic rings. The molecule has 0 saturated heterocycles. The Morgan fingerprint density at radius 2 is 1.65 bits per heavy atom. The number of aryl methyl sites for hydroxylation is 2. The number of aromatic hydroxyl groups is 1. The first-order valence-electron chi connectivity index (χ1n) is 6.15. The van der Waals surface area contributed by atoms with Crippen LogP contribution in [0.3, 0.4) is 0 Å². The van der Waals surface area contributed by atoms with Gasteiger partial charge in [-0.15, -0.1) is 0 Å². The second-order valence-corrected chi connectivity index (χ2v) is 4.25. The molecule has 2 rings (SSSR count). The van der Waals surface area contributed by atoms with Gasteiger partial charge >= 0.3 is 0 Å². The van der Waals surface area contributed by atoms with E-state index in [0.717, 1.165) is 18.4 Å². The largest absolute Gasteiger partial charge is 0.508 e. The monoisotopic (exact) mass is 226 g/mol. The van der Waals surface area contributed by atoms with Gasteiger partial charge in [0.25, 0.3) is 0 Å². The SMILES string of the molecule is CCc1cccc(-c2ccc(O)c(CC)c2)c1. The zero-order chi connectivity index (χ0) is 12.3. The van der Waals surface area contributed by atoms with Crippen molar-refractivity contribution in [3.63, 3.8) is 0 Å². The maximum absolute atomic E-state index is 9.68. The van der Waals surface area contributed by atoms with E-state index >= 15 is 0 Å². The van der Waals surface area contributed by atoms with E-state index in [1.54, 1.807) is 6.07 Å². The number of phenolic OH excluding ortho intramolecular Hbond substituents is 1. The van der Waals surface area contributed by atoms with Crippen molar-refractivity contribution in [2.75, 3.05) is 0 Å². The lowest BCUT2D eigenvalue weighted by Crippen LogP contribution is -1.86. The lowest BCUT2D eigenvalue weighted by atomic mass is 9.99. The van der Waals surface area contributed by atoms with E-state index in [-0.39, 0.29) is 0 Å². The Morgan fingerprint density at radius 3 is 2.35 bits per heavy atom. The highest BCUT2D eigenvalue weighted by Gasteiger charge is 2.03. The molecule has 0 aliphatic carbocycles. The number of hydrogen-bond donors (Lipinski definition) is 1. The third-order valence-corrected chi connectivity index (χ3v) is 3.13. The first kappa shape index (κ1) is 11.7. The smallest absolute Gasteiger partial charge is 0.118 e. The van der Waals surface area contributed by atoms with E-state index in [9.17, 15) is 5.11 Å². The molecule has 0 bridgehead atoms. The van der Waals surface area contributed by atoms with Gasteiger partial charge in [0.05, 0.1) is 0 Å². The van der Waals surface area contributed by atoms with Gasteiger partial charge in [0.1, 0.15) is 5.75 Å². The van der Waals surface area contributed by atoms with Gasteiger partial charge in [0, 0.05) is 0 Å². The van der Waals surface area contributed by atoms with Gasteiger partial charge in [-0.05, 0) is 47.2 Å². The number of benzene rings is 2. The summed E-state index contributed by atoms with van der Waals surface area (Å²) in [6.07, 6.45) is 1.90. The highest BCUT2D eigenvalue weighted by molar-refractivity contribution is 5.66. The number of rotatable bonds is 3. The Hall–Kier alpha value is -1.76. The Bertz CT molecular complexity index is 515. The maximum atomic E-state index is 9.68. The fourth-order valence-electron chi connectivity index (χ4n) is 2.02. The van der Waals surface area contributed by atoms with Gasteiger partial charge in [0.2, 0.25) is 0 Å². The van der Waals surface area contributed by atoms with Crippen molar-refractivity contribution in [1.82, 2.24) is 0 Å². The Balaban J connectivity index is 2.45. The molecule has 0 saturated carbocycles. The molecule has 0 radical (unpaired) electrons. The van der Waals surface area contributed by atoms with Crippen LogP contribution in [-0.4, -0.2) is 5.11 Å². The minimum Gasteiger partial charge on any atom is -0.508 e. The Morgan fingerprint density at radius 1 is 0.882 bits per heavy atom. The van der Waals surface area contributed by atoms with Gasteiger partial charge < -0.3 is 5.11 Å². The van der Waals surface area contributed by atoms with Crippen LogP contribution in [0.25, 0.3) is 11.1 Å². The quantitative estimate of drug-likeness (QED) is 0.832. The molecular formula is C16H18O. The van der Waals surface area contributed by atoms with Gasteiger partial charge in [-0.25, -0.2) is 0 Å². The average molecular weight is 226 g/mol. The van der Waals surface area contributed by atoms with Crippen LogP contribution >= 0.6 is 0 Å². The molecule has 17 heavy (non-hydrogen) atoms. The molecule has 1 nitrogen and oxygen atoms in total. The number of phenols is 1. The Labute approximate surface area is 103 Å². The van der Waals surface area contributed by atoms with Crippen molar-refractivity contribution in [3.05, 3.63) is 53.6 Å². The summed E-state index contributed by atoms with van der Waals surface area (Å²) in [6.45, 7) is 4.22. The number of hydrogen-bond acceptors (Lipinski definition) is 1. The minimum atomic E-state index is 0.392. The van der Waals surface area contributed by atoms with Gasteiger partial charge in [-0.3, -0.25) is 0 Å². The van der Waals surface area contributed by atoms with Crippen LogP contribution < -0.4 is 0 Å². The summed E-state index contributed by atoms with van der Waals surface area (Å²) in [5.41, 5.74) is 4.74. The van der Waals surface area contributed by atoms with E-state index in [0.29, 0.717) is 5.75 Å². The summed E-state index contributed by atoms with van der Waals surface area (Å²) in [4.78, 5) is 0. The minimum absolute atomic E-state index is 0.392. The van der Waals surface area contributed by atoms with Crippen LogP contribution in [0.15, 0.2) is 42.5 Å². The van der Waals surface area contributed by atoms with Crippen molar-refractivity contribution >= 4 is 0 Å². The van der Waals surface area contributed by atoms with Crippen molar-refractivity contribution in [3.8, 4) is 16.9 Å². The average Bonchev–Trinajstić information content (AvgIpc) is 2.39. The lowest BCUT2D eigenvalue weighted by Gasteiger charge is -2.07. The molecule has 1 N–H and O–H groups in total. The summed E-state index contributed by atoms with van der Waals surface area (Å²) < 4.78 is 0. The molecule has 1 heteroatoms. The second kappa shape index (κ2) is 5.05. The summed E-state index contributed by atoms with van der Waals surface area (Å²) in [6, 6.07) is 14.4. The summed E-state index contributed by atoms with van der Waals surface area (Å²) in [5, 5.41) is 9.68. The molecule has 2 aromatic rings. The molecule has 0 spiro atoms. The molecule has 2 aromatic carbocycles. The second-order valence-electron chi connectivity index (χ2n) is 4.25. The van der Waals surface area contributed by atoms with E-state index in [1.807, 2.05) is 6.07 Å².